The molecular weight excluding hydrogens is 454 g/mol. The van der Waals surface area contributed by atoms with Crippen molar-refractivity contribution in [3.63, 3.8) is 0 Å². The Labute approximate surface area is 160 Å². The van der Waals surface area contributed by atoms with E-state index in [0.29, 0.717) is 0 Å². The molecule has 2 aromatic rings. The zero-order chi connectivity index (χ0) is 22.6. The van der Waals surface area contributed by atoms with Crippen molar-refractivity contribution in [1.82, 2.24) is 0 Å². The minimum absolute atomic E-state index is 0.964. The van der Waals surface area contributed by atoms with Crippen molar-refractivity contribution < 1.29 is 48.0 Å². The van der Waals surface area contributed by atoms with Crippen LogP contribution in [0.3, 0.4) is 0 Å². The molecule has 0 aliphatic rings. The third-order valence-corrected chi connectivity index (χ3v) is 11.5. The third-order valence-electron chi connectivity index (χ3n) is 4.13. The van der Waals surface area contributed by atoms with Gasteiger partial charge in [-0.3, -0.25) is 0 Å². The Morgan fingerprint density at radius 3 is 0.759 bits per heavy atom. The summed E-state index contributed by atoms with van der Waals surface area (Å²) in [5.41, 5.74) is 0. The van der Waals surface area contributed by atoms with Crippen molar-refractivity contribution >= 4 is 27.0 Å². The first-order valence-electron chi connectivity index (χ1n) is 7.80. The largest absolute Gasteiger partial charge is 0.448 e. The van der Waals surface area contributed by atoms with Gasteiger partial charge in [-0.1, -0.05) is 0 Å². The molecule has 13 heteroatoms. The molecule has 2 rings (SSSR count). The van der Waals surface area contributed by atoms with Crippen LogP contribution in [0, 0.1) is 58.2 Å². The maximum atomic E-state index is 14.1. The number of hydrogen-bond donors (Lipinski definition) is 0. The molecule has 0 unspecified atom stereocenters. The molecular formula is C16H12F10OSi2. The molecule has 2 aromatic carbocycles. The van der Waals surface area contributed by atoms with Crippen LogP contribution in [0.4, 0.5) is 43.9 Å². The van der Waals surface area contributed by atoms with E-state index < -0.39 is 85.2 Å². The lowest BCUT2D eigenvalue weighted by molar-refractivity contribution is 0.380. The fraction of sp³-hybridized carbons (Fsp3) is 0.250. The van der Waals surface area contributed by atoms with Gasteiger partial charge in [0.2, 0.25) is 28.3 Å². The molecule has 0 N–H and O–H groups in total. The normalized spacial score (nSPS) is 12.6. The molecule has 160 valence electrons. The summed E-state index contributed by atoms with van der Waals surface area (Å²) in [4.78, 5) is 0. The van der Waals surface area contributed by atoms with Crippen molar-refractivity contribution in [2.24, 2.45) is 0 Å². The van der Waals surface area contributed by atoms with E-state index in [2.05, 4.69) is 0 Å². The Hall–Kier alpha value is -1.87. The molecule has 0 aliphatic carbocycles. The molecule has 0 spiro atoms. The fourth-order valence-corrected chi connectivity index (χ4v) is 11.5. The van der Waals surface area contributed by atoms with Crippen LogP contribution in [0.1, 0.15) is 0 Å². The van der Waals surface area contributed by atoms with Gasteiger partial charge < -0.3 is 4.12 Å². The van der Waals surface area contributed by atoms with Crippen LogP contribution >= 0.6 is 0 Å². The standard InChI is InChI=1S/C16H12F10OSi2/c1-28(2,15-11(23)7(19)5(17)8(20)12(15)24)27-29(3,4)16-13(25)9(21)6(18)10(22)14(16)26/h1-4H3. The van der Waals surface area contributed by atoms with Gasteiger partial charge in [-0.15, -0.1) is 0 Å². The van der Waals surface area contributed by atoms with E-state index in [0.717, 1.165) is 26.2 Å². The molecule has 0 amide bonds. The Morgan fingerprint density at radius 1 is 0.379 bits per heavy atom. The lowest BCUT2D eigenvalue weighted by atomic mass is 10.3. The van der Waals surface area contributed by atoms with Gasteiger partial charge in [0.25, 0.3) is 0 Å². The van der Waals surface area contributed by atoms with E-state index in [1.54, 1.807) is 0 Å². The first kappa shape index (κ1) is 23.4. The number of rotatable bonds is 4. The van der Waals surface area contributed by atoms with Crippen LogP contribution in [-0.2, 0) is 4.12 Å². The molecule has 0 heterocycles. The maximum absolute atomic E-state index is 14.1. The quantitative estimate of drug-likeness (QED) is 0.277. The summed E-state index contributed by atoms with van der Waals surface area (Å²) in [6, 6.07) is 0. The minimum Gasteiger partial charge on any atom is -0.448 e. The summed E-state index contributed by atoms with van der Waals surface area (Å²) < 4.78 is 143. The van der Waals surface area contributed by atoms with Gasteiger partial charge in [-0.2, -0.15) is 0 Å². The molecule has 0 bridgehead atoms. The van der Waals surface area contributed by atoms with Gasteiger partial charge in [0.05, 0.1) is 0 Å². The third kappa shape index (κ3) is 3.70. The van der Waals surface area contributed by atoms with E-state index in [1.807, 2.05) is 0 Å². The second-order valence-corrected chi connectivity index (χ2v) is 14.9. The first-order valence-corrected chi connectivity index (χ1v) is 13.6. The lowest BCUT2D eigenvalue weighted by Gasteiger charge is -2.35. The summed E-state index contributed by atoms with van der Waals surface area (Å²) in [6.45, 7) is 3.86. The summed E-state index contributed by atoms with van der Waals surface area (Å²) in [5.74, 6) is -22.6. The SMILES string of the molecule is C[Si](C)(O[Si](C)(C)c1c(F)c(F)c(F)c(F)c1F)c1c(F)c(F)c(F)c(F)c1F. The van der Waals surface area contributed by atoms with Crippen LogP contribution in [0.25, 0.3) is 0 Å². The van der Waals surface area contributed by atoms with Crippen LogP contribution in [0.2, 0.25) is 26.2 Å². The fourth-order valence-electron chi connectivity index (χ4n) is 3.01. The average Bonchev–Trinajstić information content (AvgIpc) is 2.60. The van der Waals surface area contributed by atoms with E-state index in [9.17, 15) is 43.9 Å². The first-order chi connectivity index (χ1) is 13.1. The Morgan fingerprint density at radius 2 is 0.552 bits per heavy atom. The zero-order valence-corrected chi connectivity index (χ0v) is 17.2. The zero-order valence-electron chi connectivity index (χ0n) is 15.2. The minimum atomic E-state index is -4.17. The lowest BCUT2D eigenvalue weighted by Crippen LogP contribution is -2.61. The maximum Gasteiger partial charge on any atom is 0.212 e. The number of benzene rings is 2. The van der Waals surface area contributed by atoms with Crippen molar-refractivity contribution in [2.75, 3.05) is 0 Å². The van der Waals surface area contributed by atoms with Gasteiger partial charge in [0, 0.05) is 10.4 Å². The summed E-state index contributed by atoms with van der Waals surface area (Å²) in [6.07, 6.45) is 0. The van der Waals surface area contributed by atoms with Gasteiger partial charge >= 0.3 is 0 Å². The van der Waals surface area contributed by atoms with Crippen molar-refractivity contribution in [3.8, 4) is 0 Å². The summed E-state index contributed by atoms with van der Waals surface area (Å²) in [7, 11) is -8.35. The molecule has 0 saturated carbocycles. The predicted molar refractivity (Wildman–Crippen MR) is 87.8 cm³/mol. The van der Waals surface area contributed by atoms with E-state index >= 15 is 0 Å². The highest BCUT2D eigenvalue weighted by molar-refractivity contribution is 6.97. The Bertz CT molecular complexity index is 869. The topological polar surface area (TPSA) is 9.23 Å². The van der Waals surface area contributed by atoms with Crippen molar-refractivity contribution in [3.05, 3.63) is 58.2 Å². The predicted octanol–water partition coefficient (Wildman–Crippen LogP) is 4.62. The van der Waals surface area contributed by atoms with Gasteiger partial charge in [0.1, 0.15) is 0 Å². The average molecular weight is 466 g/mol. The Kier molecular flexibility index (Phi) is 6.00. The summed E-state index contributed by atoms with van der Waals surface area (Å²) >= 11 is 0. The second kappa shape index (κ2) is 7.43. The summed E-state index contributed by atoms with van der Waals surface area (Å²) in [5, 5.41) is -2.64. The van der Waals surface area contributed by atoms with E-state index in [4.69, 9.17) is 4.12 Å². The highest BCUT2D eigenvalue weighted by Gasteiger charge is 2.45. The van der Waals surface area contributed by atoms with Gasteiger partial charge in [-0.25, -0.2) is 43.9 Å². The van der Waals surface area contributed by atoms with Gasteiger partial charge in [0.15, 0.2) is 46.5 Å². The Balaban J connectivity index is 2.68. The molecule has 0 atom stereocenters. The number of hydrogen-bond acceptors (Lipinski definition) is 1. The van der Waals surface area contributed by atoms with Gasteiger partial charge in [-0.05, 0) is 26.2 Å². The molecule has 0 saturated heterocycles. The highest BCUT2D eigenvalue weighted by Crippen LogP contribution is 2.25. The van der Waals surface area contributed by atoms with Crippen molar-refractivity contribution in [2.45, 2.75) is 26.2 Å². The molecule has 0 aromatic heterocycles. The monoisotopic (exact) mass is 466 g/mol. The molecule has 0 aliphatic heterocycles. The molecule has 0 radical (unpaired) electrons. The van der Waals surface area contributed by atoms with Crippen LogP contribution in [-0.4, -0.2) is 16.6 Å². The number of halogens is 10. The van der Waals surface area contributed by atoms with E-state index in [-0.39, 0.29) is 0 Å². The molecule has 1 nitrogen and oxygen atoms in total. The van der Waals surface area contributed by atoms with Crippen LogP contribution in [0.5, 0.6) is 0 Å². The second-order valence-electron chi connectivity index (χ2n) is 7.01. The molecule has 29 heavy (non-hydrogen) atoms. The molecule has 0 fully saturated rings. The van der Waals surface area contributed by atoms with Crippen LogP contribution in [0.15, 0.2) is 0 Å². The highest BCUT2D eigenvalue weighted by atomic mass is 28.4. The van der Waals surface area contributed by atoms with Crippen LogP contribution < -0.4 is 10.4 Å². The smallest absolute Gasteiger partial charge is 0.212 e. The van der Waals surface area contributed by atoms with E-state index in [1.165, 1.54) is 0 Å². The van der Waals surface area contributed by atoms with Crippen molar-refractivity contribution in [1.29, 1.82) is 0 Å².